The number of rotatable bonds is 15. The van der Waals surface area contributed by atoms with Crippen LogP contribution in [0.4, 0.5) is 11.4 Å². The zero-order valence-corrected chi connectivity index (χ0v) is 22.4. The summed E-state index contributed by atoms with van der Waals surface area (Å²) in [4.78, 5) is 11.3. The normalized spacial score (nSPS) is 11.3. The van der Waals surface area contributed by atoms with Crippen LogP contribution in [0.3, 0.4) is 0 Å². The summed E-state index contributed by atoms with van der Waals surface area (Å²) < 4.78 is 37.3. The Morgan fingerprint density at radius 2 is 1.24 bits per heavy atom. The number of hydrogen-bond donors (Lipinski definition) is 0. The van der Waals surface area contributed by atoms with E-state index in [1.807, 2.05) is 24.3 Å². The van der Waals surface area contributed by atoms with E-state index < -0.39 is 10.1 Å². The fourth-order valence-corrected chi connectivity index (χ4v) is 3.68. The molecule has 0 amide bonds. The Morgan fingerprint density at radius 1 is 0.788 bits per heavy atom. The third kappa shape index (κ3) is 13.7. The average molecular weight is 483 g/mol. The number of ether oxygens (including phenoxy) is 1. The monoisotopic (exact) mass is 482 g/mol. The number of Topliss-reactive ketones (excluding diaryl/α,β-unsaturated/α-hetero) is 1. The molecule has 2 aromatic carbocycles. The molecular weight excluding hydrogens is 451 g/mol. The summed E-state index contributed by atoms with van der Waals surface area (Å²) in [7, 11) is -4.06. The van der Waals surface area contributed by atoms with Crippen LogP contribution in [0.15, 0.2) is 58.8 Å². The van der Waals surface area contributed by atoms with Crippen molar-refractivity contribution in [1.29, 1.82) is 0 Å². The SMILES string of the molecule is CC(=O)c1ccc(N=Nc2ccc(OCCCCCCCCCCS(=O)(=O)[O-])cc2)cc1.[Na+]. The van der Waals surface area contributed by atoms with E-state index in [-0.39, 0.29) is 41.1 Å². The van der Waals surface area contributed by atoms with Gasteiger partial charge in [-0.1, -0.05) is 38.5 Å². The number of benzene rings is 2. The van der Waals surface area contributed by atoms with Gasteiger partial charge in [0, 0.05) is 11.3 Å². The molecule has 0 unspecified atom stereocenters. The Kier molecular flexibility index (Phi) is 14.4. The minimum atomic E-state index is -4.06. The van der Waals surface area contributed by atoms with Crippen LogP contribution in [0.25, 0.3) is 0 Å². The molecule has 0 saturated carbocycles. The summed E-state index contributed by atoms with van der Waals surface area (Å²) in [6, 6.07) is 14.4. The van der Waals surface area contributed by atoms with Gasteiger partial charge < -0.3 is 9.29 Å². The van der Waals surface area contributed by atoms with Crippen LogP contribution in [0, 0.1) is 0 Å². The molecule has 0 bridgehead atoms. The maximum absolute atomic E-state index is 11.3. The third-order valence-corrected chi connectivity index (χ3v) is 5.74. The molecule has 0 radical (unpaired) electrons. The van der Waals surface area contributed by atoms with Gasteiger partial charge in [-0.15, -0.1) is 0 Å². The van der Waals surface area contributed by atoms with Crippen LogP contribution in [0.2, 0.25) is 0 Å². The molecule has 0 spiro atoms. The molecule has 0 aliphatic carbocycles. The predicted octanol–water partition coefficient (Wildman–Crippen LogP) is 3.35. The Balaban J connectivity index is 0.00000544. The van der Waals surface area contributed by atoms with Crippen LogP contribution in [0.5, 0.6) is 5.75 Å². The van der Waals surface area contributed by atoms with Gasteiger partial charge in [0.05, 0.1) is 28.1 Å². The molecule has 0 N–H and O–H groups in total. The van der Waals surface area contributed by atoms with E-state index in [4.69, 9.17) is 4.74 Å². The second-order valence-electron chi connectivity index (χ2n) is 7.74. The first-order chi connectivity index (χ1) is 15.3. The minimum absolute atomic E-state index is 0. The second-order valence-corrected chi connectivity index (χ2v) is 9.26. The van der Waals surface area contributed by atoms with Crippen molar-refractivity contribution in [2.75, 3.05) is 12.4 Å². The van der Waals surface area contributed by atoms with E-state index in [2.05, 4.69) is 10.2 Å². The number of azo groups is 1. The van der Waals surface area contributed by atoms with E-state index in [9.17, 15) is 17.8 Å². The molecule has 7 nitrogen and oxygen atoms in total. The van der Waals surface area contributed by atoms with Crippen molar-refractivity contribution in [2.24, 2.45) is 10.2 Å². The van der Waals surface area contributed by atoms with Crippen molar-refractivity contribution >= 4 is 27.3 Å². The number of hydrogen-bond acceptors (Lipinski definition) is 7. The first-order valence-corrected chi connectivity index (χ1v) is 12.6. The van der Waals surface area contributed by atoms with E-state index in [0.29, 0.717) is 24.3 Å². The van der Waals surface area contributed by atoms with Crippen molar-refractivity contribution in [3.63, 3.8) is 0 Å². The summed E-state index contributed by atoms with van der Waals surface area (Å²) in [6.45, 7) is 2.19. The van der Waals surface area contributed by atoms with E-state index >= 15 is 0 Å². The molecular formula is C24H31N2NaO5S. The van der Waals surface area contributed by atoms with Gasteiger partial charge in [-0.3, -0.25) is 4.79 Å². The number of ketones is 1. The smallest absolute Gasteiger partial charge is 0.748 e. The average Bonchev–Trinajstić information content (AvgIpc) is 2.76. The third-order valence-electron chi connectivity index (χ3n) is 4.95. The Bertz CT molecular complexity index is 961. The van der Waals surface area contributed by atoms with Gasteiger partial charge in [0.1, 0.15) is 5.75 Å². The maximum atomic E-state index is 11.3. The Morgan fingerprint density at radius 3 is 1.73 bits per heavy atom. The zero-order chi connectivity index (χ0) is 23.2. The van der Waals surface area contributed by atoms with Crippen LogP contribution < -0.4 is 34.3 Å². The zero-order valence-electron chi connectivity index (χ0n) is 19.5. The molecule has 0 aliphatic rings. The van der Waals surface area contributed by atoms with Crippen molar-refractivity contribution < 1.29 is 52.1 Å². The number of unbranched alkanes of at least 4 members (excludes halogenated alkanes) is 7. The van der Waals surface area contributed by atoms with Gasteiger partial charge >= 0.3 is 29.6 Å². The van der Waals surface area contributed by atoms with Crippen LogP contribution in [-0.4, -0.2) is 31.1 Å². The van der Waals surface area contributed by atoms with E-state index in [1.54, 1.807) is 24.3 Å². The minimum Gasteiger partial charge on any atom is -0.748 e. The number of nitrogens with zero attached hydrogens (tertiary/aromatic N) is 2. The van der Waals surface area contributed by atoms with Gasteiger partial charge in [-0.2, -0.15) is 10.2 Å². The van der Waals surface area contributed by atoms with Gasteiger partial charge in [0.2, 0.25) is 0 Å². The van der Waals surface area contributed by atoms with Crippen LogP contribution >= 0.6 is 0 Å². The molecule has 0 atom stereocenters. The summed E-state index contributed by atoms with van der Waals surface area (Å²) in [6.07, 6.45) is 7.60. The standard InChI is InChI=1S/C24H32N2O5S.Na/c1-20(27)21-10-12-22(13-11-21)25-26-23-14-16-24(17-15-23)31-18-8-6-4-2-3-5-7-9-19-32(28,29)30;/h10-17H,2-9,18-19H2,1H3,(H,28,29,30);/q;+1/p-1. The first kappa shape index (κ1) is 29.5. The molecule has 174 valence electrons. The molecule has 9 heteroatoms. The first-order valence-electron chi connectivity index (χ1n) is 11.0. The Labute approximate surface area is 219 Å². The molecule has 33 heavy (non-hydrogen) atoms. The molecule has 0 fully saturated rings. The molecule has 2 rings (SSSR count). The number of carbonyl (C=O) groups is 1. The summed E-state index contributed by atoms with van der Waals surface area (Å²) in [5.74, 6) is 0.571. The van der Waals surface area contributed by atoms with Gasteiger partial charge in [-0.05, 0) is 68.3 Å². The second kappa shape index (κ2) is 16.1. The molecule has 2 aromatic rings. The Hall–Kier alpha value is -1.58. The maximum Gasteiger partial charge on any atom is 1.00 e. The fraction of sp³-hybridized carbons (Fsp3) is 0.458. The van der Waals surface area contributed by atoms with Gasteiger partial charge in [-0.25, -0.2) is 8.42 Å². The predicted molar refractivity (Wildman–Crippen MR) is 124 cm³/mol. The summed E-state index contributed by atoms with van der Waals surface area (Å²) in [5, 5.41) is 8.38. The van der Waals surface area contributed by atoms with Crippen molar-refractivity contribution in [1.82, 2.24) is 0 Å². The molecule has 0 heterocycles. The molecule has 0 aliphatic heterocycles. The quantitative estimate of drug-likeness (QED) is 0.127. The molecule has 0 saturated heterocycles. The van der Waals surface area contributed by atoms with Gasteiger partial charge in [0.15, 0.2) is 5.78 Å². The molecule has 0 aromatic heterocycles. The van der Waals surface area contributed by atoms with Crippen molar-refractivity contribution in [3.8, 4) is 5.75 Å². The van der Waals surface area contributed by atoms with Crippen molar-refractivity contribution in [3.05, 3.63) is 54.1 Å². The van der Waals surface area contributed by atoms with Gasteiger partial charge in [0.25, 0.3) is 0 Å². The van der Waals surface area contributed by atoms with E-state index in [0.717, 1.165) is 56.4 Å². The largest absolute Gasteiger partial charge is 1.00 e. The fourth-order valence-electron chi connectivity index (χ4n) is 3.12. The summed E-state index contributed by atoms with van der Waals surface area (Å²) in [5.41, 5.74) is 2.06. The van der Waals surface area contributed by atoms with Crippen molar-refractivity contribution in [2.45, 2.75) is 58.3 Å². The van der Waals surface area contributed by atoms with E-state index in [1.165, 1.54) is 6.92 Å². The van der Waals surface area contributed by atoms with Crippen LogP contribution in [0.1, 0.15) is 68.6 Å². The van der Waals surface area contributed by atoms with Crippen LogP contribution in [-0.2, 0) is 10.1 Å². The summed E-state index contributed by atoms with van der Waals surface area (Å²) >= 11 is 0. The number of carbonyl (C=O) groups excluding carboxylic acids is 1. The topological polar surface area (TPSA) is 108 Å².